The number of piperazine rings is 1. The molecule has 1 unspecified atom stereocenters. The SMILES string of the molecule is CC(C)(C)C(=O)N1CCNC(c2cccc(F)c2)C1. The number of nitrogens with zero attached hydrogens (tertiary/aromatic N) is 1. The summed E-state index contributed by atoms with van der Waals surface area (Å²) in [5.74, 6) is -0.0889. The first-order valence-electron chi connectivity index (χ1n) is 6.66. The van der Waals surface area contributed by atoms with Gasteiger partial charge in [0.05, 0.1) is 6.04 Å². The van der Waals surface area contributed by atoms with Gasteiger partial charge in [0.15, 0.2) is 0 Å². The molecule has 104 valence electrons. The molecule has 0 radical (unpaired) electrons. The van der Waals surface area contributed by atoms with Crippen molar-refractivity contribution in [2.45, 2.75) is 26.8 Å². The molecule has 0 saturated carbocycles. The zero-order valence-electron chi connectivity index (χ0n) is 11.7. The van der Waals surface area contributed by atoms with Gasteiger partial charge >= 0.3 is 0 Å². The molecule has 1 aromatic carbocycles. The number of nitrogens with one attached hydrogen (secondary N) is 1. The Labute approximate surface area is 113 Å². The lowest BCUT2D eigenvalue weighted by molar-refractivity contribution is -0.140. The van der Waals surface area contributed by atoms with Gasteiger partial charge in [-0.1, -0.05) is 32.9 Å². The highest BCUT2D eigenvalue weighted by molar-refractivity contribution is 5.81. The summed E-state index contributed by atoms with van der Waals surface area (Å²) in [7, 11) is 0. The number of benzene rings is 1. The fourth-order valence-corrected chi connectivity index (χ4v) is 2.36. The van der Waals surface area contributed by atoms with Crippen molar-refractivity contribution in [2.75, 3.05) is 19.6 Å². The van der Waals surface area contributed by atoms with Crippen LogP contribution < -0.4 is 5.32 Å². The average Bonchev–Trinajstić information content (AvgIpc) is 2.37. The van der Waals surface area contributed by atoms with E-state index in [-0.39, 0.29) is 23.2 Å². The Balaban J connectivity index is 2.11. The van der Waals surface area contributed by atoms with Crippen molar-refractivity contribution < 1.29 is 9.18 Å². The first-order chi connectivity index (χ1) is 8.88. The second-order valence-corrected chi connectivity index (χ2v) is 6.06. The zero-order chi connectivity index (χ0) is 14.0. The molecule has 0 bridgehead atoms. The molecular weight excluding hydrogens is 243 g/mol. The first-order valence-corrected chi connectivity index (χ1v) is 6.66. The van der Waals surface area contributed by atoms with Crippen molar-refractivity contribution in [3.05, 3.63) is 35.6 Å². The summed E-state index contributed by atoms with van der Waals surface area (Å²) in [4.78, 5) is 14.2. The minimum Gasteiger partial charge on any atom is -0.339 e. The molecule has 1 aromatic rings. The van der Waals surface area contributed by atoms with E-state index < -0.39 is 0 Å². The highest BCUT2D eigenvalue weighted by atomic mass is 19.1. The fourth-order valence-electron chi connectivity index (χ4n) is 2.36. The summed E-state index contributed by atoms with van der Waals surface area (Å²) in [5, 5.41) is 3.34. The lowest BCUT2D eigenvalue weighted by Crippen LogP contribution is -2.51. The summed E-state index contributed by atoms with van der Waals surface area (Å²) in [6.45, 7) is 7.82. The third-order valence-electron chi connectivity index (χ3n) is 3.36. The minimum absolute atomic E-state index is 0.00995. The lowest BCUT2D eigenvalue weighted by atomic mass is 9.93. The molecule has 4 heteroatoms. The number of rotatable bonds is 1. The molecule has 0 spiro atoms. The molecule has 1 heterocycles. The van der Waals surface area contributed by atoms with Crippen LogP contribution in [-0.4, -0.2) is 30.4 Å². The third kappa shape index (κ3) is 3.32. The van der Waals surface area contributed by atoms with Gasteiger partial charge in [-0.3, -0.25) is 4.79 Å². The van der Waals surface area contributed by atoms with E-state index in [0.29, 0.717) is 13.1 Å². The second kappa shape index (κ2) is 5.29. The van der Waals surface area contributed by atoms with Crippen LogP contribution in [0.25, 0.3) is 0 Å². The molecule has 0 aliphatic carbocycles. The van der Waals surface area contributed by atoms with Crippen LogP contribution in [0.1, 0.15) is 32.4 Å². The maximum Gasteiger partial charge on any atom is 0.228 e. The molecule has 0 aromatic heterocycles. The summed E-state index contributed by atoms with van der Waals surface area (Å²) in [6, 6.07) is 6.58. The molecule has 1 fully saturated rings. The van der Waals surface area contributed by atoms with Crippen molar-refractivity contribution in [2.24, 2.45) is 5.41 Å². The van der Waals surface area contributed by atoms with E-state index in [0.717, 1.165) is 12.1 Å². The van der Waals surface area contributed by atoms with Crippen molar-refractivity contribution in [3.8, 4) is 0 Å². The van der Waals surface area contributed by atoms with Gasteiger partial charge in [0, 0.05) is 25.0 Å². The van der Waals surface area contributed by atoms with Crippen molar-refractivity contribution in [1.29, 1.82) is 0 Å². The van der Waals surface area contributed by atoms with Crippen LogP contribution in [0.3, 0.4) is 0 Å². The quantitative estimate of drug-likeness (QED) is 0.844. The molecule has 1 amide bonds. The maximum atomic E-state index is 13.3. The predicted molar refractivity (Wildman–Crippen MR) is 73.2 cm³/mol. The average molecular weight is 264 g/mol. The fraction of sp³-hybridized carbons (Fsp3) is 0.533. The Bertz CT molecular complexity index is 467. The number of carbonyl (C=O) groups excluding carboxylic acids is 1. The molecular formula is C15H21FN2O. The summed E-state index contributed by atoms with van der Waals surface area (Å²) >= 11 is 0. The van der Waals surface area contributed by atoms with Gasteiger partial charge in [-0.25, -0.2) is 4.39 Å². The van der Waals surface area contributed by atoms with Crippen molar-refractivity contribution in [3.63, 3.8) is 0 Å². The number of hydrogen-bond acceptors (Lipinski definition) is 2. The molecule has 19 heavy (non-hydrogen) atoms. The monoisotopic (exact) mass is 264 g/mol. The van der Waals surface area contributed by atoms with Crippen molar-refractivity contribution in [1.82, 2.24) is 10.2 Å². The number of carbonyl (C=O) groups is 1. The van der Waals surface area contributed by atoms with Gasteiger partial charge < -0.3 is 10.2 Å². The molecule has 3 nitrogen and oxygen atoms in total. The maximum absolute atomic E-state index is 13.3. The topological polar surface area (TPSA) is 32.3 Å². The van der Waals surface area contributed by atoms with Gasteiger partial charge in [-0.15, -0.1) is 0 Å². The van der Waals surface area contributed by atoms with E-state index in [4.69, 9.17) is 0 Å². The number of halogens is 1. The van der Waals surface area contributed by atoms with E-state index in [9.17, 15) is 9.18 Å². The van der Waals surface area contributed by atoms with Gasteiger partial charge in [0.2, 0.25) is 5.91 Å². The first kappa shape index (κ1) is 14.0. The van der Waals surface area contributed by atoms with Gasteiger partial charge in [-0.05, 0) is 17.7 Å². The Morgan fingerprint density at radius 1 is 1.42 bits per heavy atom. The molecule has 1 aliphatic heterocycles. The number of hydrogen-bond donors (Lipinski definition) is 1. The van der Waals surface area contributed by atoms with E-state index >= 15 is 0 Å². The predicted octanol–water partition coefficient (Wildman–Crippen LogP) is 2.34. The largest absolute Gasteiger partial charge is 0.339 e. The highest BCUT2D eigenvalue weighted by Crippen LogP contribution is 2.23. The van der Waals surface area contributed by atoms with E-state index in [1.807, 2.05) is 31.7 Å². The van der Waals surface area contributed by atoms with Crippen LogP contribution in [0.2, 0.25) is 0 Å². The van der Waals surface area contributed by atoms with Gasteiger partial charge in [0.1, 0.15) is 5.82 Å². The second-order valence-electron chi connectivity index (χ2n) is 6.06. The standard InChI is InChI=1S/C15H21FN2O/c1-15(2,3)14(19)18-8-7-17-13(10-18)11-5-4-6-12(16)9-11/h4-6,9,13,17H,7-8,10H2,1-3H3. The smallest absolute Gasteiger partial charge is 0.228 e. The van der Waals surface area contributed by atoms with E-state index in [1.54, 1.807) is 6.07 Å². The van der Waals surface area contributed by atoms with Crippen LogP contribution >= 0.6 is 0 Å². The van der Waals surface area contributed by atoms with Crippen molar-refractivity contribution >= 4 is 5.91 Å². The Morgan fingerprint density at radius 3 is 2.79 bits per heavy atom. The normalized spacial score (nSPS) is 20.4. The van der Waals surface area contributed by atoms with Crippen LogP contribution in [0.4, 0.5) is 4.39 Å². The van der Waals surface area contributed by atoms with Crippen LogP contribution in [0.5, 0.6) is 0 Å². The third-order valence-corrected chi connectivity index (χ3v) is 3.36. The van der Waals surface area contributed by atoms with Gasteiger partial charge in [0.25, 0.3) is 0 Å². The Hall–Kier alpha value is -1.42. The van der Waals surface area contributed by atoms with E-state index in [1.165, 1.54) is 12.1 Å². The molecule has 1 N–H and O–H groups in total. The summed E-state index contributed by atoms with van der Waals surface area (Å²) in [6.07, 6.45) is 0. The molecule has 2 rings (SSSR count). The number of amides is 1. The minimum atomic E-state index is -0.371. The lowest BCUT2D eigenvalue weighted by Gasteiger charge is -2.37. The summed E-state index contributed by atoms with van der Waals surface area (Å²) in [5.41, 5.74) is 0.524. The highest BCUT2D eigenvalue weighted by Gasteiger charge is 2.31. The van der Waals surface area contributed by atoms with Gasteiger partial charge in [-0.2, -0.15) is 0 Å². The Morgan fingerprint density at radius 2 is 2.16 bits per heavy atom. The molecule has 1 atom stereocenters. The van der Waals surface area contributed by atoms with Crippen LogP contribution in [0.15, 0.2) is 24.3 Å². The van der Waals surface area contributed by atoms with E-state index in [2.05, 4.69) is 5.32 Å². The summed E-state index contributed by atoms with van der Waals surface area (Å²) < 4.78 is 13.3. The Kier molecular flexibility index (Phi) is 3.90. The van der Waals surface area contributed by atoms with Crippen LogP contribution in [-0.2, 0) is 4.79 Å². The molecule has 1 aliphatic rings. The molecule has 1 saturated heterocycles. The van der Waals surface area contributed by atoms with Crippen LogP contribution in [0, 0.1) is 11.2 Å². The zero-order valence-corrected chi connectivity index (χ0v) is 11.7.